The molecule has 2 nitrogen and oxygen atoms in total. The van der Waals surface area contributed by atoms with E-state index in [0.29, 0.717) is 0 Å². The third kappa shape index (κ3) is 5.60. The zero-order chi connectivity index (χ0) is 19.1. The van der Waals surface area contributed by atoms with Crippen molar-refractivity contribution in [3.8, 4) is 0 Å². The maximum Gasteiger partial charge on any atom is 0.207 e. The van der Waals surface area contributed by atoms with Crippen LogP contribution in [-0.2, 0) is 33.3 Å². The maximum absolute atomic E-state index is 10.8. The number of rotatable bonds is 9. The molecule has 2 aromatic carbocycles. The molecule has 0 atom stereocenters. The zero-order valence-electron chi connectivity index (χ0n) is 16.9. The van der Waals surface area contributed by atoms with E-state index in [0.717, 1.165) is 35.4 Å². The monoisotopic (exact) mass is 464 g/mol. The Morgan fingerprint density at radius 1 is 0.714 bits per heavy atom. The second kappa shape index (κ2) is 11.2. The molecule has 1 aliphatic heterocycles. The van der Waals surface area contributed by atoms with E-state index < -0.39 is 0 Å². The molecule has 0 N–H and O–H groups in total. The van der Waals surface area contributed by atoms with Gasteiger partial charge in [-0.3, -0.25) is 0 Å². The molecular formula is C25H30N2Pd. The number of unbranched alkanes of at least 4 members (excludes halogenated alkanes) is 3. The average molecular weight is 465 g/mol. The summed E-state index contributed by atoms with van der Waals surface area (Å²) in [7, 11) is 0. The Morgan fingerprint density at radius 3 is 1.71 bits per heavy atom. The molecule has 0 saturated heterocycles. The van der Waals surface area contributed by atoms with Crippen LogP contribution in [0, 0.1) is 0 Å². The summed E-state index contributed by atoms with van der Waals surface area (Å²) in [6, 6.07) is 17.1. The van der Waals surface area contributed by atoms with Crippen molar-refractivity contribution < 1.29 is 25.1 Å². The normalized spacial score (nSPS) is 13.1. The molecule has 0 saturated carbocycles. The maximum atomic E-state index is 10.8. The number of nitrogens with zero attached hydrogens (tertiary/aromatic N) is 2. The van der Waals surface area contributed by atoms with Crippen LogP contribution in [0.2, 0.25) is 0 Å². The second-order valence-electron chi connectivity index (χ2n) is 7.38. The quantitative estimate of drug-likeness (QED) is 0.213. The van der Waals surface area contributed by atoms with Crippen molar-refractivity contribution in [2.45, 2.75) is 58.8 Å². The van der Waals surface area contributed by atoms with Gasteiger partial charge >= 0.3 is 0 Å². The summed E-state index contributed by atoms with van der Waals surface area (Å²) in [5.74, 6) is 0. The van der Waals surface area contributed by atoms with Gasteiger partial charge in [-0.05, 0) is 61.1 Å². The Bertz CT molecular complexity index is 864. The predicted octanol–water partition coefficient (Wildman–Crippen LogP) is 7.19. The van der Waals surface area contributed by atoms with Crippen LogP contribution in [-0.4, -0.2) is 4.70 Å². The van der Waals surface area contributed by atoms with E-state index in [2.05, 4.69) is 62.4 Å². The summed E-state index contributed by atoms with van der Waals surface area (Å²) in [5, 5.41) is 0. The van der Waals surface area contributed by atoms with Gasteiger partial charge in [-0.15, -0.1) is 0 Å². The molecule has 0 spiro atoms. The van der Waals surface area contributed by atoms with Gasteiger partial charge in [0.1, 0.15) is 0 Å². The van der Waals surface area contributed by atoms with E-state index in [-0.39, 0.29) is 20.4 Å². The fourth-order valence-electron chi connectivity index (χ4n) is 3.60. The van der Waals surface area contributed by atoms with Gasteiger partial charge in [-0.2, -0.15) is 0 Å². The Balaban J connectivity index is 0.00000280. The molecule has 0 aromatic heterocycles. The fraction of sp³-hybridized carbons (Fsp3) is 0.360. The van der Waals surface area contributed by atoms with Crippen LogP contribution in [0.4, 0.5) is 0 Å². The summed E-state index contributed by atoms with van der Waals surface area (Å²) in [5.41, 5.74) is 17.3. The van der Waals surface area contributed by atoms with Gasteiger partial charge in [0.25, 0.3) is 0 Å². The number of benzene rings is 2. The average Bonchev–Trinajstić information content (AvgIpc) is 3.08. The molecule has 0 unspecified atom stereocenters. The summed E-state index contributed by atoms with van der Waals surface area (Å²) in [4.78, 5) is 0. The summed E-state index contributed by atoms with van der Waals surface area (Å²) in [6.45, 7) is 4.44. The Kier molecular flexibility index (Phi) is 9.03. The first-order chi connectivity index (χ1) is 13.2. The Hall–Kier alpha value is -1.82. The molecule has 1 aliphatic rings. The summed E-state index contributed by atoms with van der Waals surface area (Å²) >= 11 is 0. The number of hydrogen-bond acceptors (Lipinski definition) is 0. The van der Waals surface area contributed by atoms with Crippen molar-refractivity contribution in [3.63, 3.8) is 0 Å². The van der Waals surface area contributed by atoms with E-state index in [1.165, 1.54) is 47.9 Å². The minimum Gasteiger partial charge on any atom is -0.493 e. The van der Waals surface area contributed by atoms with Crippen LogP contribution in [0.5, 0.6) is 0 Å². The van der Waals surface area contributed by atoms with Crippen molar-refractivity contribution >= 4 is 11.4 Å². The van der Waals surface area contributed by atoms with E-state index in [1.54, 1.807) is 0 Å². The molecule has 3 rings (SSSR count). The van der Waals surface area contributed by atoms with Crippen molar-refractivity contribution in [1.29, 1.82) is 0 Å². The van der Waals surface area contributed by atoms with E-state index in [4.69, 9.17) is 0 Å². The molecule has 0 aliphatic carbocycles. The van der Waals surface area contributed by atoms with Gasteiger partial charge in [0, 0.05) is 43.7 Å². The molecular weight excluding hydrogens is 435 g/mol. The zero-order valence-corrected chi connectivity index (χ0v) is 18.5. The molecule has 0 radical (unpaired) electrons. The standard InChI is InChI=1S/C25H30N2.Pd/c1-3-5-7-11-21-13-9-15-23(19-21)25-17-16-24(27(25)26)22-14-8-12-20(18-22)10-6-4-2;/h8-9,12-19H,3-7,10-11H2,1-2H3;. The summed E-state index contributed by atoms with van der Waals surface area (Å²) < 4.78 is 1.34. The molecule has 1 heterocycles. The first-order valence-corrected chi connectivity index (χ1v) is 10.3. The first-order valence-electron chi connectivity index (χ1n) is 10.3. The molecule has 28 heavy (non-hydrogen) atoms. The van der Waals surface area contributed by atoms with Crippen LogP contribution in [0.25, 0.3) is 16.9 Å². The minimum atomic E-state index is 0. The molecule has 150 valence electrons. The number of hydrogen-bond donors (Lipinski definition) is 0. The number of allylic oxidation sites excluding steroid dienone is 2. The topological polar surface area (TPSA) is 25.3 Å². The van der Waals surface area contributed by atoms with Crippen LogP contribution in [0.15, 0.2) is 60.7 Å². The largest absolute Gasteiger partial charge is 0.493 e. The van der Waals surface area contributed by atoms with Crippen LogP contribution >= 0.6 is 0 Å². The van der Waals surface area contributed by atoms with Gasteiger partial charge in [0.05, 0.1) is 0 Å². The van der Waals surface area contributed by atoms with Gasteiger partial charge in [-0.1, -0.05) is 57.4 Å². The SMILES string of the molecule is CCCCCc1cccc(C2=CC=C(c3cccc(CCCC)c3)[N+]2=[N-])c1.[Pd]. The third-order valence-corrected chi connectivity index (χ3v) is 5.19. The minimum absolute atomic E-state index is 0. The molecule has 0 bridgehead atoms. The Morgan fingerprint density at radius 2 is 1.21 bits per heavy atom. The number of aryl methyl sites for hydroxylation is 2. The summed E-state index contributed by atoms with van der Waals surface area (Å²) in [6.07, 6.45) is 12.3. The smallest absolute Gasteiger partial charge is 0.207 e. The second-order valence-corrected chi connectivity index (χ2v) is 7.38. The van der Waals surface area contributed by atoms with Crippen molar-refractivity contribution in [3.05, 3.63) is 88.5 Å². The van der Waals surface area contributed by atoms with Crippen LogP contribution in [0.1, 0.15) is 68.2 Å². The fourth-order valence-corrected chi connectivity index (χ4v) is 3.60. The van der Waals surface area contributed by atoms with Gasteiger partial charge in [0.2, 0.25) is 11.4 Å². The van der Waals surface area contributed by atoms with Crippen molar-refractivity contribution in [1.82, 2.24) is 0 Å². The third-order valence-electron chi connectivity index (χ3n) is 5.19. The van der Waals surface area contributed by atoms with Crippen molar-refractivity contribution in [2.24, 2.45) is 0 Å². The molecule has 2 aromatic rings. The van der Waals surface area contributed by atoms with Crippen LogP contribution < -0.4 is 0 Å². The van der Waals surface area contributed by atoms with Crippen molar-refractivity contribution in [2.75, 3.05) is 0 Å². The predicted molar refractivity (Wildman–Crippen MR) is 114 cm³/mol. The van der Waals surface area contributed by atoms with E-state index in [9.17, 15) is 5.53 Å². The van der Waals surface area contributed by atoms with E-state index in [1.807, 2.05) is 12.2 Å². The van der Waals surface area contributed by atoms with Crippen LogP contribution in [0.3, 0.4) is 0 Å². The van der Waals surface area contributed by atoms with Gasteiger partial charge < -0.3 is 5.53 Å². The first kappa shape index (κ1) is 22.5. The Labute approximate surface area is 183 Å². The van der Waals surface area contributed by atoms with Gasteiger partial charge in [-0.25, -0.2) is 4.70 Å². The van der Waals surface area contributed by atoms with E-state index >= 15 is 0 Å². The molecule has 0 fully saturated rings. The molecule has 3 heteroatoms. The molecule has 0 amide bonds. The van der Waals surface area contributed by atoms with Gasteiger partial charge in [0.15, 0.2) is 0 Å².